The number of carbonyl (C=O) groups is 1. The Morgan fingerprint density at radius 2 is 1.88 bits per heavy atom. The number of thioether (sulfide) groups is 1. The molecule has 1 aliphatic carbocycles. The fraction of sp³-hybridized carbons (Fsp3) is 0.632. The summed E-state index contributed by atoms with van der Waals surface area (Å²) >= 11 is 8.38. The van der Waals surface area contributed by atoms with Crippen molar-refractivity contribution in [2.24, 2.45) is 0 Å². The molecule has 0 spiro atoms. The lowest BCUT2D eigenvalue weighted by molar-refractivity contribution is 0.0281. The lowest BCUT2D eigenvalue weighted by Gasteiger charge is -2.29. The fourth-order valence-corrected chi connectivity index (χ4v) is 4.83. The van der Waals surface area contributed by atoms with E-state index < -0.39 is 5.60 Å². The number of carbonyl (C=O) groups excluding carboxylic acids is 1. The molecule has 1 aromatic carbocycles. The minimum Gasteiger partial charge on any atom is -0.388 e. The summed E-state index contributed by atoms with van der Waals surface area (Å²) in [6.07, 6.45) is 5.87. The van der Waals surface area contributed by atoms with Gasteiger partial charge in [0.25, 0.3) is 0 Å². The van der Waals surface area contributed by atoms with E-state index in [1.165, 1.54) is 0 Å². The van der Waals surface area contributed by atoms with E-state index in [9.17, 15) is 9.90 Å². The predicted octanol–water partition coefficient (Wildman–Crippen LogP) is 4.10. The lowest BCUT2D eigenvalue weighted by Crippen LogP contribution is -2.44. The number of hydrogen-bond acceptors (Lipinski definition) is 4. The maximum absolute atomic E-state index is 12.2. The molecule has 1 aromatic rings. The van der Waals surface area contributed by atoms with Gasteiger partial charge in [0, 0.05) is 36.8 Å². The largest absolute Gasteiger partial charge is 0.388 e. The van der Waals surface area contributed by atoms with Gasteiger partial charge in [0.05, 0.1) is 16.3 Å². The van der Waals surface area contributed by atoms with Crippen LogP contribution in [0.4, 0.5) is 16.2 Å². The summed E-state index contributed by atoms with van der Waals surface area (Å²) in [5.74, 6) is 2.23. The number of anilines is 2. The number of benzene rings is 1. The van der Waals surface area contributed by atoms with E-state index in [4.69, 9.17) is 11.6 Å². The van der Waals surface area contributed by atoms with E-state index >= 15 is 0 Å². The van der Waals surface area contributed by atoms with Gasteiger partial charge >= 0.3 is 6.03 Å². The average molecular weight is 398 g/mol. The van der Waals surface area contributed by atoms with Crippen molar-refractivity contribution in [1.82, 2.24) is 5.32 Å². The Kier molecular flexibility index (Phi) is 6.95. The Balaban J connectivity index is 1.53. The van der Waals surface area contributed by atoms with E-state index in [1.54, 1.807) is 6.07 Å². The third kappa shape index (κ3) is 5.44. The van der Waals surface area contributed by atoms with Gasteiger partial charge in [-0.05, 0) is 31.0 Å². The van der Waals surface area contributed by atoms with Gasteiger partial charge in [0.1, 0.15) is 0 Å². The van der Waals surface area contributed by atoms with Crippen molar-refractivity contribution in [3.8, 4) is 0 Å². The molecular weight excluding hydrogens is 370 g/mol. The summed E-state index contributed by atoms with van der Waals surface area (Å²) in [4.78, 5) is 14.5. The molecule has 3 rings (SSSR count). The summed E-state index contributed by atoms with van der Waals surface area (Å²) in [5.41, 5.74) is 0.905. The summed E-state index contributed by atoms with van der Waals surface area (Å²) in [6.45, 7) is 2.28. The first-order valence-electron chi connectivity index (χ1n) is 9.45. The Bertz CT molecular complexity index is 615. The molecule has 2 fully saturated rings. The highest BCUT2D eigenvalue weighted by Gasteiger charge is 2.28. The molecule has 26 heavy (non-hydrogen) atoms. The van der Waals surface area contributed by atoms with Gasteiger partial charge in [-0.1, -0.05) is 37.3 Å². The molecule has 0 unspecified atom stereocenters. The van der Waals surface area contributed by atoms with Crippen molar-refractivity contribution in [3.63, 3.8) is 0 Å². The maximum Gasteiger partial charge on any atom is 0.319 e. The van der Waals surface area contributed by atoms with Crippen molar-refractivity contribution in [1.29, 1.82) is 0 Å². The first-order chi connectivity index (χ1) is 12.6. The zero-order valence-corrected chi connectivity index (χ0v) is 16.7. The van der Waals surface area contributed by atoms with Gasteiger partial charge in [0.15, 0.2) is 0 Å². The molecule has 0 radical (unpaired) electrons. The number of aliphatic hydroxyl groups is 1. The standard InChI is InChI=1S/C19H28ClN3O2S/c20-16-13-15(5-6-17(16)23-9-11-26-12-10-23)22-18(24)21-14-19(25)7-3-1-2-4-8-19/h5-6,13,25H,1-4,7-12,14H2,(H2,21,22,24). The second-order valence-corrected chi connectivity index (χ2v) is 8.84. The van der Waals surface area contributed by atoms with Gasteiger partial charge in [-0.25, -0.2) is 4.79 Å². The monoisotopic (exact) mass is 397 g/mol. The van der Waals surface area contributed by atoms with Crippen LogP contribution in [0.25, 0.3) is 0 Å². The van der Waals surface area contributed by atoms with Crippen LogP contribution in [0.3, 0.4) is 0 Å². The van der Waals surface area contributed by atoms with Crippen LogP contribution in [0.2, 0.25) is 5.02 Å². The minimum absolute atomic E-state index is 0.288. The second kappa shape index (κ2) is 9.20. The van der Waals surface area contributed by atoms with E-state index in [-0.39, 0.29) is 12.6 Å². The summed E-state index contributed by atoms with van der Waals surface area (Å²) < 4.78 is 0. The Hall–Kier alpha value is -1.11. The summed E-state index contributed by atoms with van der Waals surface area (Å²) in [5, 5.41) is 16.9. The van der Waals surface area contributed by atoms with Crippen molar-refractivity contribution >= 4 is 40.8 Å². The van der Waals surface area contributed by atoms with Crippen molar-refractivity contribution < 1.29 is 9.90 Å². The van der Waals surface area contributed by atoms with E-state index in [0.717, 1.165) is 68.8 Å². The van der Waals surface area contributed by atoms with Gasteiger partial charge in [-0.15, -0.1) is 0 Å². The van der Waals surface area contributed by atoms with Crippen molar-refractivity contribution in [2.45, 2.75) is 44.1 Å². The zero-order valence-electron chi connectivity index (χ0n) is 15.1. The number of nitrogens with one attached hydrogen (secondary N) is 2. The smallest absolute Gasteiger partial charge is 0.319 e. The third-order valence-corrected chi connectivity index (χ3v) is 6.41. The zero-order chi connectivity index (χ0) is 18.4. The number of rotatable bonds is 4. The number of hydrogen-bond donors (Lipinski definition) is 3. The van der Waals surface area contributed by atoms with E-state index in [1.807, 2.05) is 23.9 Å². The van der Waals surface area contributed by atoms with Crippen LogP contribution in [0.5, 0.6) is 0 Å². The molecule has 1 saturated carbocycles. The molecule has 144 valence electrons. The average Bonchev–Trinajstić information content (AvgIpc) is 2.86. The quantitative estimate of drug-likeness (QED) is 0.669. The predicted molar refractivity (Wildman–Crippen MR) is 111 cm³/mol. The highest BCUT2D eigenvalue weighted by atomic mass is 35.5. The molecule has 2 amide bonds. The number of urea groups is 1. The first kappa shape index (κ1) is 19.6. The molecule has 3 N–H and O–H groups in total. The normalized spacial score (nSPS) is 20.3. The van der Waals surface area contributed by atoms with E-state index in [0.29, 0.717) is 10.7 Å². The third-order valence-electron chi connectivity index (χ3n) is 5.17. The Labute approximate surface area is 164 Å². The van der Waals surface area contributed by atoms with Crippen LogP contribution in [0.1, 0.15) is 38.5 Å². The molecule has 2 aliphatic rings. The molecule has 5 nitrogen and oxygen atoms in total. The molecule has 0 bridgehead atoms. The highest BCUT2D eigenvalue weighted by molar-refractivity contribution is 7.99. The molecular formula is C19H28ClN3O2S. The van der Waals surface area contributed by atoms with E-state index in [2.05, 4.69) is 15.5 Å². The van der Waals surface area contributed by atoms with Gasteiger partial charge < -0.3 is 20.6 Å². The highest BCUT2D eigenvalue weighted by Crippen LogP contribution is 2.30. The summed E-state index contributed by atoms with van der Waals surface area (Å²) in [6, 6.07) is 5.33. The van der Waals surface area contributed by atoms with Crippen LogP contribution in [0.15, 0.2) is 18.2 Å². The molecule has 7 heteroatoms. The van der Waals surface area contributed by atoms with Crippen LogP contribution in [-0.4, -0.2) is 47.9 Å². The maximum atomic E-state index is 12.2. The first-order valence-corrected chi connectivity index (χ1v) is 11.0. The van der Waals surface area contributed by atoms with Crippen LogP contribution < -0.4 is 15.5 Å². The minimum atomic E-state index is -0.776. The fourth-order valence-electron chi connectivity index (χ4n) is 3.63. The second-order valence-electron chi connectivity index (χ2n) is 7.21. The van der Waals surface area contributed by atoms with Gasteiger partial charge in [0.2, 0.25) is 0 Å². The number of amides is 2. The van der Waals surface area contributed by atoms with Crippen molar-refractivity contribution in [3.05, 3.63) is 23.2 Å². The number of nitrogens with zero attached hydrogens (tertiary/aromatic N) is 1. The van der Waals surface area contributed by atoms with Crippen LogP contribution in [0, 0.1) is 0 Å². The lowest BCUT2D eigenvalue weighted by atomic mass is 9.95. The number of halogens is 1. The van der Waals surface area contributed by atoms with Crippen LogP contribution in [-0.2, 0) is 0 Å². The van der Waals surface area contributed by atoms with Gasteiger partial charge in [-0.3, -0.25) is 0 Å². The summed E-state index contributed by atoms with van der Waals surface area (Å²) in [7, 11) is 0. The Morgan fingerprint density at radius 1 is 1.19 bits per heavy atom. The van der Waals surface area contributed by atoms with Crippen LogP contribution >= 0.6 is 23.4 Å². The SMILES string of the molecule is O=C(NCC1(O)CCCCCC1)Nc1ccc(N2CCSCC2)c(Cl)c1. The topological polar surface area (TPSA) is 64.6 Å². The molecule has 0 aromatic heterocycles. The van der Waals surface area contributed by atoms with Crippen molar-refractivity contribution in [2.75, 3.05) is 41.4 Å². The Morgan fingerprint density at radius 3 is 2.54 bits per heavy atom. The molecule has 1 heterocycles. The molecule has 0 atom stereocenters. The van der Waals surface area contributed by atoms with Gasteiger partial charge in [-0.2, -0.15) is 11.8 Å². The molecule has 1 saturated heterocycles. The molecule has 1 aliphatic heterocycles.